The van der Waals surface area contributed by atoms with E-state index in [2.05, 4.69) is 15.2 Å². The molecule has 0 saturated heterocycles. The Kier molecular flexibility index (Phi) is 7.58. The van der Waals surface area contributed by atoms with E-state index >= 15 is 0 Å². The maximum absolute atomic E-state index is 13.3. The predicted octanol–water partition coefficient (Wildman–Crippen LogP) is 6.35. The molecule has 5 rings (SSSR count). The zero-order valence-corrected chi connectivity index (χ0v) is 22.3. The minimum atomic E-state index is -4.29. The smallest absolute Gasteiger partial charge is 0.270 e. The van der Waals surface area contributed by atoms with Crippen LogP contribution in [0.2, 0.25) is 5.02 Å². The molecule has 0 fully saturated rings. The van der Waals surface area contributed by atoms with Gasteiger partial charge in [0.05, 0.1) is 33.2 Å². The van der Waals surface area contributed by atoms with Crippen LogP contribution in [0.3, 0.4) is 0 Å². The van der Waals surface area contributed by atoms with Gasteiger partial charge in [-0.1, -0.05) is 72.3 Å². The summed E-state index contributed by atoms with van der Waals surface area (Å²) < 4.78 is 30.7. The first-order valence-corrected chi connectivity index (χ1v) is 13.7. The summed E-state index contributed by atoms with van der Waals surface area (Å²) in [7, 11) is -4.29. The van der Waals surface area contributed by atoms with Gasteiger partial charge in [0, 0.05) is 29.5 Å². The largest absolute Gasteiger partial charge is 0.278 e. The first-order chi connectivity index (χ1) is 19.3. The van der Waals surface area contributed by atoms with Crippen molar-refractivity contribution in [3.8, 4) is 16.9 Å². The number of nitro groups is 1. The van der Waals surface area contributed by atoms with Crippen LogP contribution >= 0.6 is 11.6 Å². The molecule has 0 aliphatic rings. The third-order valence-electron chi connectivity index (χ3n) is 5.78. The lowest BCUT2D eigenvalue weighted by molar-refractivity contribution is -0.385. The van der Waals surface area contributed by atoms with E-state index in [-0.39, 0.29) is 21.3 Å². The number of anilines is 2. The fourth-order valence-electron chi connectivity index (χ4n) is 3.87. The summed E-state index contributed by atoms with van der Waals surface area (Å²) in [5.41, 5.74) is 5.50. The predicted molar refractivity (Wildman–Crippen MR) is 156 cm³/mol. The second kappa shape index (κ2) is 11.4. The molecule has 0 amide bonds. The third kappa shape index (κ3) is 5.85. The van der Waals surface area contributed by atoms with Crippen LogP contribution in [-0.4, -0.2) is 29.3 Å². The standard InChI is InChI=1S/C28H21ClN6O4S/c29-24-13-7-8-14-25(24)33-40(38,39)27-17-23(35(36)37)15-16-26(27)31-30-18-21-19-34(22-11-5-2-6-12-22)32-28(21)20-9-3-1-4-10-20/h1-19,31,33H. The Morgan fingerprint density at radius 1 is 0.900 bits per heavy atom. The summed E-state index contributed by atoms with van der Waals surface area (Å²) in [4.78, 5) is 10.4. The minimum Gasteiger partial charge on any atom is -0.278 e. The first-order valence-electron chi connectivity index (χ1n) is 11.9. The van der Waals surface area contributed by atoms with Gasteiger partial charge in [-0.15, -0.1) is 0 Å². The maximum Gasteiger partial charge on any atom is 0.270 e. The molecule has 12 heteroatoms. The lowest BCUT2D eigenvalue weighted by Crippen LogP contribution is -2.15. The van der Waals surface area contributed by atoms with Crippen molar-refractivity contribution in [1.29, 1.82) is 0 Å². The number of nitro benzene ring substituents is 1. The number of hydrazone groups is 1. The number of aromatic nitrogens is 2. The van der Waals surface area contributed by atoms with E-state index in [1.54, 1.807) is 23.0 Å². The summed E-state index contributed by atoms with van der Waals surface area (Å²) in [5.74, 6) is 0. The average Bonchev–Trinajstić information content (AvgIpc) is 3.39. The Morgan fingerprint density at radius 2 is 1.57 bits per heavy atom. The number of halogens is 1. The highest BCUT2D eigenvalue weighted by Crippen LogP contribution is 2.30. The zero-order valence-electron chi connectivity index (χ0n) is 20.7. The van der Waals surface area contributed by atoms with Crippen molar-refractivity contribution in [2.45, 2.75) is 4.90 Å². The Bertz CT molecular complexity index is 1810. The van der Waals surface area contributed by atoms with Crippen LogP contribution < -0.4 is 10.1 Å². The van der Waals surface area contributed by atoms with Crippen LogP contribution in [0.15, 0.2) is 119 Å². The fraction of sp³-hybridized carbons (Fsp3) is 0. The fourth-order valence-corrected chi connectivity index (χ4v) is 5.37. The van der Waals surface area contributed by atoms with Crippen LogP contribution in [0.1, 0.15) is 5.56 Å². The molecule has 0 unspecified atom stereocenters. The highest BCUT2D eigenvalue weighted by molar-refractivity contribution is 7.93. The van der Waals surface area contributed by atoms with Crippen molar-refractivity contribution >= 4 is 44.9 Å². The summed E-state index contributed by atoms with van der Waals surface area (Å²) in [6.07, 6.45) is 3.31. The molecule has 4 aromatic carbocycles. The van der Waals surface area contributed by atoms with Crippen molar-refractivity contribution in [3.63, 3.8) is 0 Å². The summed E-state index contributed by atoms with van der Waals surface area (Å²) >= 11 is 6.12. The number of rotatable bonds is 9. The van der Waals surface area contributed by atoms with E-state index in [0.717, 1.165) is 17.3 Å². The molecule has 200 valence electrons. The average molecular weight is 573 g/mol. The Balaban J connectivity index is 1.50. The molecule has 0 radical (unpaired) electrons. The number of nitrogens with zero attached hydrogens (tertiary/aromatic N) is 4. The van der Waals surface area contributed by atoms with Gasteiger partial charge in [0.1, 0.15) is 10.6 Å². The van der Waals surface area contributed by atoms with Crippen molar-refractivity contribution in [3.05, 3.63) is 130 Å². The van der Waals surface area contributed by atoms with E-state index in [1.807, 2.05) is 60.7 Å². The van der Waals surface area contributed by atoms with Gasteiger partial charge in [-0.05, 0) is 30.3 Å². The van der Waals surface area contributed by atoms with Crippen molar-refractivity contribution in [1.82, 2.24) is 9.78 Å². The molecule has 40 heavy (non-hydrogen) atoms. The molecule has 0 bridgehead atoms. The molecule has 1 heterocycles. The normalized spacial score (nSPS) is 11.4. The number of hydrogen-bond donors (Lipinski definition) is 2. The Morgan fingerprint density at radius 3 is 2.27 bits per heavy atom. The second-order valence-electron chi connectivity index (χ2n) is 8.47. The first kappa shape index (κ1) is 26.6. The number of non-ortho nitro benzene ring substituents is 1. The van der Waals surface area contributed by atoms with Crippen molar-refractivity contribution < 1.29 is 13.3 Å². The number of benzene rings is 4. The van der Waals surface area contributed by atoms with Gasteiger partial charge in [0.15, 0.2) is 0 Å². The van der Waals surface area contributed by atoms with Gasteiger partial charge in [-0.2, -0.15) is 10.2 Å². The molecule has 0 atom stereocenters. The number of para-hydroxylation sites is 2. The monoisotopic (exact) mass is 572 g/mol. The summed E-state index contributed by atoms with van der Waals surface area (Å²) in [5, 5.41) is 20.6. The molecular weight excluding hydrogens is 552 g/mol. The lowest BCUT2D eigenvalue weighted by Gasteiger charge is -2.12. The van der Waals surface area contributed by atoms with Gasteiger partial charge in [-0.25, -0.2) is 13.1 Å². The van der Waals surface area contributed by atoms with E-state index in [9.17, 15) is 18.5 Å². The molecule has 0 aliphatic heterocycles. The van der Waals surface area contributed by atoms with Gasteiger partial charge in [0.25, 0.3) is 15.7 Å². The lowest BCUT2D eigenvalue weighted by atomic mass is 10.1. The van der Waals surface area contributed by atoms with Crippen LogP contribution in [0, 0.1) is 10.1 Å². The quantitative estimate of drug-likeness (QED) is 0.120. The number of hydrogen-bond acceptors (Lipinski definition) is 7. The molecule has 1 aromatic heterocycles. The molecule has 0 aliphatic carbocycles. The SMILES string of the molecule is O=[N+]([O-])c1ccc(NN=Cc2cn(-c3ccccc3)nc2-c2ccccc2)c(S(=O)(=O)Nc2ccccc2Cl)c1. The van der Waals surface area contributed by atoms with Crippen molar-refractivity contribution in [2.24, 2.45) is 5.10 Å². The molecule has 5 aromatic rings. The van der Waals surface area contributed by atoms with Crippen LogP contribution in [0.5, 0.6) is 0 Å². The number of sulfonamides is 1. The van der Waals surface area contributed by atoms with E-state index < -0.39 is 20.6 Å². The second-order valence-corrected chi connectivity index (χ2v) is 10.5. The highest BCUT2D eigenvalue weighted by atomic mass is 35.5. The van der Waals surface area contributed by atoms with Crippen LogP contribution in [0.25, 0.3) is 16.9 Å². The van der Waals surface area contributed by atoms with E-state index in [0.29, 0.717) is 11.3 Å². The third-order valence-corrected chi connectivity index (χ3v) is 7.52. The molecule has 2 N–H and O–H groups in total. The topological polar surface area (TPSA) is 132 Å². The summed E-state index contributed by atoms with van der Waals surface area (Å²) in [6, 6.07) is 28.8. The van der Waals surface area contributed by atoms with Crippen LogP contribution in [-0.2, 0) is 10.0 Å². The number of nitrogens with one attached hydrogen (secondary N) is 2. The van der Waals surface area contributed by atoms with E-state index in [4.69, 9.17) is 16.7 Å². The van der Waals surface area contributed by atoms with Gasteiger partial charge >= 0.3 is 0 Å². The molecule has 0 saturated carbocycles. The molecular formula is C28H21ClN6O4S. The summed E-state index contributed by atoms with van der Waals surface area (Å²) in [6.45, 7) is 0. The van der Waals surface area contributed by atoms with E-state index in [1.165, 1.54) is 30.5 Å². The zero-order chi connectivity index (χ0) is 28.1. The van der Waals surface area contributed by atoms with Crippen LogP contribution in [0.4, 0.5) is 17.1 Å². The Hall–Kier alpha value is -5.00. The van der Waals surface area contributed by atoms with Gasteiger partial charge in [0.2, 0.25) is 0 Å². The molecule has 10 nitrogen and oxygen atoms in total. The van der Waals surface area contributed by atoms with Gasteiger partial charge < -0.3 is 0 Å². The highest BCUT2D eigenvalue weighted by Gasteiger charge is 2.23. The minimum absolute atomic E-state index is 0.0260. The van der Waals surface area contributed by atoms with Crippen molar-refractivity contribution in [2.75, 3.05) is 10.1 Å². The van der Waals surface area contributed by atoms with Gasteiger partial charge in [-0.3, -0.25) is 20.3 Å². The Labute approximate surface area is 234 Å². The molecule has 0 spiro atoms. The maximum atomic E-state index is 13.3.